The Morgan fingerprint density at radius 3 is 2.40 bits per heavy atom. The van der Waals surface area contributed by atoms with Gasteiger partial charge in [-0.1, -0.05) is 35.9 Å². The fraction of sp³-hybridized carbons (Fsp3) is 0.136. The van der Waals surface area contributed by atoms with Crippen LogP contribution in [0.4, 0.5) is 0 Å². The molecule has 154 valence electrons. The van der Waals surface area contributed by atoms with E-state index in [0.29, 0.717) is 26.9 Å². The van der Waals surface area contributed by atoms with Crippen molar-refractivity contribution in [1.82, 2.24) is 10.2 Å². The van der Waals surface area contributed by atoms with E-state index in [9.17, 15) is 9.59 Å². The molecule has 3 rings (SSSR count). The number of hydrogen-bond acceptors (Lipinski definition) is 4. The second-order valence-electron chi connectivity index (χ2n) is 6.61. The minimum absolute atomic E-state index is 0.00225. The first-order chi connectivity index (χ1) is 14.3. The topological polar surface area (TPSA) is 58.6 Å². The number of carbonyl (C=O) groups is 2. The Kier molecular flexibility index (Phi) is 7.23. The summed E-state index contributed by atoms with van der Waals surface area (Å²) in [5.74, 6) is -0.362. The molecule has 0 spiro atoms. The highest BCUT2D eigenvalue weighted by Crippen LogP contribution is 2.36. The molecule has 0 bridgehead atoms. The first-order valence-corrected chi connectivity index (χ1v) is 11.0. The van der Waals surface area contributed by atoms with Gasteiger partial charge in [0, 0.05) is 6.54 Å². The van der Waals surface area contributed by atoms with Crippen molar-refractivity contribution in [2.24, 2.45) is 0 Å². The van der Waals surface area contributed by atoms with E-state index in [4.69, 9.17) is 17.0 Å². The van der Waals surface area contributed by atoms with E-state index >= 15 is 0 Å². The molecule has 2 aromatic carbocycles. The highest BCUT2D eigenvalue weighted by molar-refractivity contribution is 9.11. The van der Waals surface area contributed by atoms with Crippen molar-refractivity contribution in [3.63, 3.8) is 0 Å². The van der Waals surface area contributed by atoms with Gasteiger partial charge >= 0.3 is 0 Å². The number of amides is 2. The Balaban J connectivity index is 1.84. The lowest BCUT2D eigenvalue weighted by Gasteiger charge is -2.27. The van der Waals surface area contributed by atoms with Gasteiger partial charge in [0.1, 0.15) is 17.9 Å². The van der Waals surface area contributed by atoms with Gasteiger partial charge in [0.15, 0.2) is 5.11 Å². The molecule has 0 aromatic heterocycles. The van der Waals surface area contributed by atoms with Crippen molar-refractivity contribution >= 4 is 67.1 Å². The summed E-state index contributed by atoms with van der Waals surface area (Å²) < 4.78 is 7.33. The van der Waals surface area contributed by atoms with Crippen molar-refractivity contribution in [3.05, 3.63) is 80.3 Å². The molecule has 2 aromatic rings. The van der Waals surface area contributed by atoms with Gasteiger partial charge in [0.2, 0.25) is 0 Å². The van der Waals surface area contributed by atoms with Crippen molar-refractivity contribution in [1.29, 1.82) is 0 Å². The molecule has 2 amide bonds. The van der Waals surface area contributed by atoms with Crippen LogP contribution < -0.4 is 10.1 Å². The maximum absolute atomic E-state index is 12.7. The second kappa shape index (κ2) is 9.68. The maximum atomic E-state index is 12.7. The average Bonchev–Trinajstić information content (AvgIpc) is 2.69. The first kappa shape index (κ1) is 22.4. The molecule has 8 heteroatoms. The van der Waals surface area contributed by atoms with E-state index in [1.54, 1.807) is 18.2 Å². The van der Waals surface area contributed by atoms with Gasteiger partial charge in [-0.3, -0.25) is 19.8 Å². The van der Waals surface area contributed by atoms with Gasteiger partial charge in [-0.2, -0.15) is 0 Å². The normalized spacial score (nSPS) is 15.4. The number of rotatable bonds is 6. The molecule has 0 unspecified atom stereocenters. The minimum atomic E-state index is -0.530. The van der Waals surface area contributed by atoms with E-state index in [2.05, 4.69) is 43.8 Å². The third-order valence-corrected chi connectivity index (χ3v) is 5.83. The predicted octanol–water partition coefficient (Wildman–Crippen LogP) is 4.91. The van der Waals surface area contributed by atoms with Crippen LogP contribution in [-0.2, 0) is 16.2 Å². The quantitative estimate of drug-likeness (QED) is 0.241. The molecule has 1 aliphatic rings. The number of nitrogens with one attached hydrogen (secondary N) is 1. The molecular weight excluding hydrogens is 532 g/mol. The number of ether oxygens (including phenoxy) is 1. The lowest BCUT2D eigenvalue weighted by Crippen LogP contribution is -2.53. The molecule has 0 radical (unpaired) electrons. The van der Waals surface area contributed by atoms with Crippen molar-refractivity contribution < 1.29 is 14.3 Å². The minimum Gasteiger partial charge on any atom is -0.487 e. The number of nitrogens with zero attached hydrogens (tertiary/aromatic N) is 1. The van der Waals surface area contributed by atoms with Crippen LogP contribution in [0, 0.1) is 6.92 Å². The highest BCUT2D eigenvalue weighted by Gasteiger charge is 2.32. The average molecular weight is 550 g/mol. The summed E-state index contributed by atoms with van der Waals surface area (Å²) in [4.78, 5) is 26.3. The third-order valence-electron chi connectivity index (χ3n) is 4.33. The van der Waals surface area contributed by atoms with Gasteiger partial charge in [-0.05, 0) is 80.3 Å². The highest BCUT2D eigenvalue weighted by atomic mass is 79.9. The van der Waals surface area contributed by atoms with Gasteiger partial charge in [0.05, 0.1) is 8.95 Å². The van der Waals surface area contributed by atoms with E-state index in [1.807, 2.05) is 31.2 Å². The molecule has 1 fully saturated rings. The lowest BCUT2D eigenvalue weighted by atomic mass is 10.1. The fourth-order valence-electron chi connectivity index (χ4n) is 2.80. The summed E-state index contributed by atoms with van der Waals surface area (Å²) in [5, 5.41) is 2.60. The van der Waals surface area contributed by atoms with Gasteiger partial charge in [0.25, 0.3) is 11.8 Å². The summed E-state index contributed by atoms with van der Waals surface area (Å²) in [7, 11) is 0. The van der Waals surface area contributed by atoms with Gasteiger partial charge < -0.3 is 4.74 Å². The van der Waals surface area contributed by atoms with E-state index in [-0.39, 0.29) is 17.2 Å². The molecule has 1 aliphatic heterocycles. The molecule has 0 aliphatic carbocycles. The third kappa shape index (κ3) is 5.06. The first-order valence-electron chi connectivity index (χ1n) is 8.97. The smallest absolute Gasteiger partial charge is 0.265 e. The summed E-state index contributed by atoms with van der Waals surface area (Å²) in [6.07, 6.45) is 3.07. The van der Waals surface area contributed by atoms with E-state index < -0.39 is 11.8 Å². The Hall–Kier alpha value is -2.29. The Morgan fingerprint density at radius 2 is 1.80 bits per heavy atom. The van der Waals surface area contributed by atoms with Crippen molar-refractivity contribution in [2.45, 2.75) is 13.5 Å². The van der Waals surface area contributed by atoms with Crippen LogP contribution in [0.3, 0.4) is 0 Å². The van der Waals surface area contributed by atoms with Crippen LogP contribution in [0.2, 0.25) is 0 Å². The number of thiocarbonyl (C=S) groups is 1. The molecule has 30 heavy (non-hydrogen) atoms. The van der Waals surface area contributed by atoms with Crippen LogP contribution >= 0.6 is 44.1 Å². The predicted molar refractivity (Wildman–Crippen MR) is 128 cm³/mol. The Morgan fingerprint density at radius 1 is 1.17 bits per heavy atom. The zero-order chi connectivity index (χ0) is 21.8. The maximum Gasteiger partial charge on any atom is 0.265 e. The molecule has 0 saturated carbocycles. The van der Waals surface area contributed by atoms with Crippen LogP contribution in [0.1, 0.15) is 16.7 Å². The standard InChI is InChI=1S/C22H18Br2N2O3S/c1-3-8-26-21(28)16(20(27)25-22(26)30)9-15-10-17(23)19(18(24)11-15)29-12-14-6-4-13(2)5-7-14/h3-7,9-11H,1,8,12H2,2H3,(H,25,27,30)/b16-9+. The SMILES string of the molecule is C=CCN1C(=O)/C(=C/c2cc(Br)c(OCc3ccc(C)cc3)c(Br)c2)C(=O)NC1=S. The molecule has 1 saturated heterocycles. The lowest BCUT2D eigenvalue weighted by molar-refractivity contribution is -0.128. The monoisotopic (exact) mass is 548 g/mol. The van der Waals surface area contributed by atoms with Gasteiger partial charge in [-0.25, -0.2) is 0 Å². The van der Waals surface area contributed by atoms with Crippen LogP contribution in [0.25, 0.3) is 6.08 Å². The number of hydrogen-bond donors (Lipinski definition) is 1. The number of halogens is 2. The second-order valence-corrected chi connectivity index (χ2v) is 8.71. The summed E-state index contributed by atoms with van der Waals surface area (Å²) in [5.41, 5.74) is 2.89. The zero-order valence-corrected chi connectivity index (χ0v) is 20.1. The van der Waals surface area contributed by atoms with E-state index in [0.717, 1.165) is 5.56 Å². The summed E-state index contributed by atoms with van der Waals surface area (Å²) in [6, 6.07) is 11.7. The largest absolute Gasteiger partial charge is 0.487 e. The van der Waals surface area contributed by atoms with E-state index in [1.165, 1.54) is 16.5 Å². The molecule has 1 heterocycles. The van der Waals surface area contributed by atoms with Gasteiger partial charge in [-0.15, -0.1) is 6.58 Å². The fourth-order valence-corrected chi connectivity index (χ4v) is 4.50. The van der Waals surface area contributed by atoms with Crippen LogP contribution in [0.15, 0.2) is 63.6 Å². The van der Waals surface area contributed by atoms with Crippen molar-refractivity contribution in [2.75, 3.05) is 6.54 Å². The molecule has 1 N–H and O–H groups in total. The van der Waals surface area contributed by atoms with Crippen LogP contribution in [-0.4, -0.2) is 28.4 Å². The zero-order valence-electron chi connectivity index (χ0n) is 16.1. The molecule has 5 nitrogen and oxygen atoms in total. The molecular formula is C22H18Br2N2O3S. The Labute approximate surface area is 197 Å². The molecule has 0 atom stereocenters. The summed E-state index contributed by atoms with van der Waals surface area (Å²) >= 11 is 12.1. The number of benzene rings is 2. The van der Waals surface area contributed by atoms with Crippen LogP contribution in [0.5, 0.6) is 5.75 Å². The van der Waals surface area contributed by atoms with Crippen molar-refractivity contribution in [3.8, 4) is 5.75 Å². The number of aryl methyl sites for hydroxylation is 1. The number of carbonyl (C=O) groups excluding carboxylic acids is 2. The summed E-state index contributed by atoms with van der Waals surface area (Å²) in [6.45, 7) is 6.28. The Bertz CT molecular complexity index is 1040.